The summed E-state index contributed by atoms with van der Waals surface area (Å²) in [7, 11) is 0. The van der Waals surface area contributed by atoms with Gasteiger partial charge in [0.15, 0.2) is 0 Å². The van der Waals surface area contributed by atoms with Gasteiger partial charge in [0.2, 0.25) is 0 Å². The zero-order valence-electron chi connectivity index (χ0n) is 9.12. The smallest absolute Gasteiger partial charge is 0.0701 e. The number of halogens is 1. The summed E-state index contributed by atoms with van der Waals surface area (Å²) in [4.78, 5) is 3.91. The van der Waals surface area contributed by atoms with E-state index < -0.39 is 0 Å². The second kappa shape index (κ2) is 4.53. The van der Waals surface area contributed by atoms with Crippen molar-refractivity contribution in [1.29, 1.82) is 0 Å². The van der Waals surface area contributed by atoms with E-state index >= 15 is 0 Å². The van der Waals surface area contributed by atoms with Crippen molar-refractivity contribution < 1.29 is 4.74 Å². The predicted octanol–water partition coefficient (Wildman–Crippen LogP) is 3.12. The van der Waals surface area contributed by atoms with Gasteiger partial charge in [-0.2, -0.15) is 0 Å². The Bertz CT molecular complexity index is 337. The van der Waals surface area contributed by atoms with Crippen molar-refractivity contribution in [2.75, 3.05) is 19.8 Å². The normalized spacial score (nSPS) is 21.8. The molecule has 0 saturated carbocycles. The summed E-state index contributed by atoms with van der Waals surface area (Å²) < 4.78 is 6.72. The van der Waals surface area contributed by atoms with Crippen molar-refractivity contribution in [2.24, 2.45) is 0 Å². The molecule has 1 aliphatic heterocycles. The Morgan fingerprint density at radius 3 is 2.93 bits per heavy atom. The van der Waals surface area contributed by atoms with E-state index in [9.17, 15) is 0 Å². The fourth-order valence-corrected chi connectivity index (χ4v) is 3.31. The molecule has 0 amide bonds. The number of thiophene rings is 1. The van der Waals surface area contributed by atoms with Crippen molar-refractivity contribution in [3.05, 3.63) is 20.8 Å². The number of hydrogen-bond acceptors (Lipinski definition) is 3. The molecule has 0 radical (unpaired) electrons. The van der Waals surface area contributed by atoms with Gasteiger partial charge in [-0.1, -0.05) is 0 Å². The van der Waals surface area contributed by atoms with Crippen molar-refractivity contribution in [1.82, 2.24) is 4.90 Å². The van der Waals surface area contributed by atoms with Gasteiger partial charge in [0.25, 0.3) is 0 Å². The lowest BCUT2D eigenvalue weighted by molar-refractivity contribution is -0.0548. The maximum Gasteiger partial charge on any atom is 0.0701 e. The van der Waals surface area contributed by atoms with E-state index in [1.165, 1.54) is 8.66 Å². The van der Waals surface area contributed by atoms with Crippen LogP contribution in [0.2, 0.25) is 0 Å². The predicted molar refractivity (Wildman–Crippen MR) is 67.3 cm³/mol. The molecule has 0 N–H and O–H groups in total. The minimum Gasteiger partial charge on any atom is -0.378 e. The Balaban J connectivity index is 2.04. The second-order valence-electron chi connectivity index (χ2n) is 4.49. The van der Waals surface area contributed by atoms with E-state index in [0.717, 1.165) is 26.3 Å². The molecule has 0 bridgehead atoms. The van der Waals surface area contributed by atoms with Crippen LogP contribution >= 0.6 is 27.3 Å². The molecule has 0 unspecified atom stereocenters. The summed E-state index contributed by atoms with van der Waals surface area (Å²) in [5.41, 5.74) is 0.161. The van der Waals surface area contributed by atoms with E-state index in [2.05, 4.69) is 46.8 Å². The number of ether oxygens (including phenoxy) is 1. The molecule has 1 aliphatic rings. The molecule has 0 aliphatic carbocycles. The Hall–Kier alpha value is 0.1000. The van der Waals surface area contributed by atoms with Crippen molar-refractivity contribution in [3.63, 3.8) is 0 Å². The Morgan fingerprint density at radius 2 is 2.33 bits per heavy atom. The lowest BCUT2D eigenvalue weighted by Crippen LogP contribution is -2.52. The second-order valence-corrected chi connectivity index (χ2v) is 7.04. The third-order valence-electron chi connectivity index (χ3n) is 2.79. The molecule has 1 saturated heterocycles. The topological polar surface area (TPSA) is 12.5 Å². The Labute approximate surface area is 103 Å². The molecule has 1 aromatic rings. The summed E-state index contributed by atoms with van der Waals surface area (Å²) in [6.45, 7) is 8.24. The zero-order valence-corrected chi connectivity index (χ0v) is 11.5. The summed E-state index contributed by atoms with van der Waals surface area (Å²) in [5, 5.41) is 0. The lowest BCUT2D eigenvalue weighted by atomic mass is 10.0. The molecule has 1 aromatic heterocycles. The first kappa shape index (κ1) is 11.6. The number of nitrogens with zero attached hydrogens (tertiary/aromatic N) is 1. The first-order chi connectivity index (χ1) is 7.08. The van der Waals surface area contributed by atoms with E-state index in [0.29, 0.717) is 0 Å². The van der Waals surface area contributed by atoms with Crippen molar-refractivity contribution in [3.8, 4) is 0 Å². The lowest BCUT2D eigenvalue weighted by Gasteiger charge is -2.41. The number of morpholine rings is 1. The van der Waals surface area contributed by atoms with Crippen LogP contribution in [0.3, 0.4) is 0 Å². The molecule has 15 heavy (non-hydrogen) atoms. The van der Waals surface area contributed by atoms with E-state index in [1.807, 2.05) is 11.3 Å². The van der Waals surface area contributed by atoms with Crippen LogP contribution in [-0.2, 0) is 11.3 Å². The minimum absolute atomic E-state index is 0.161. The molecule has 84 valence electrons. The molecule has 1 fully saturated rings. The van der Waals surface area contributed by atoms with Crippen LogP contribution in [0.4, 0.5) is 0 Å². The van der Waals surface area contributed by atoms with Crippen molar-refractivity contribution >= 4 is 27.3 Å². The first-order valence-electron chi connectivity index (χ1n) is 5.15. The summed E-state index contributed by atoms with van der Waals surface area (Å²) in [6, 6.07) is 4.31. The number of hydrogen-bond donors (Lipinski definition) is 0. The van der Waals surface area contributed by atoms with E-state index in [4.69, 9.17) is 4.74 Å². The van der Waals surface area contributed by atoms with Crippen LogP contribution < -0.4 is 0 Å². The Kier molecular flexibility index (Phi) is 3.50. The van der Waals surface area contributed by atoms with Gasteiger partial charge >= 0.3 is 0 Å². The highest BCUT2D eigenvalue weighted by atomic mass is 79.9. The highest BCUT2D eigenvalue weighted by molar-refractivity contribution is 9.11. The fourth-order valence-electron chi connectivity index (χ4n) is 1.81. The molecule has 2 nitrogen and oxygen atoms in total. The average Bonchev–Trinajstić information content (AvgIpc) is 2.55. The van der Waals surface area contributed by atoms with Crippen LogP contribution in [0.25, 0.3) is 0 Å². The monoisotopic (exact) mass is 289 g/mol. The maximum absolute atomic E-state index is 5.51. The van der Waals surface area contributed by atoms with Crippen molar-refractivity contribution in [2.45, 2.75) is 25.9 Å². The third-order valence-corrected chi connectivity index (χ3v) is 4.40. The van der Waals surface area contributed by atoms with Gasteiger partial charge in [-0.25, -0.2) is 0 Å². The zero-order chi connectivity index (χ0) is 10.9. The van der Waals surface area contributed by atoms with Gasteiger partial charge in [0, 0.05) is 23.5 Å². The van der Waals surface area contributed by atoms with Gasteiger partial charge in [-0.05, 0) is 41.9 Å². The molecule has 0 aromatic carbocycles. The van der Waals surface area contributed by atoms with Gasteiger partial charge in [-0.3, -0.25) is 4.90 Å². The van der Waals surface area contributed by atoms with Crippen LogP contribution in [0.5, 0.6) is 0 Å². The molecule has 2 heterocycles. The quantitative estimate of drug-likeness (QED) is 0.830. The number of rotatable bonds is 2. The Morgan fingerprint density at radius 1 is 1.53 bits per heavy atom. The molecule has 4 heteroatoms. The fraction of sp³-hybridized carbons (Fsp3) is 0.636. The third kappa shape index (κ3) is 2.81. The van der Waals surface area contributed by atoms with Crippen LogP contribution in [0.15, 0.2) is 15.9 Å². The van der Waals surface area contributed by atoms with Gasteiger partial charge < -0.3 is 4.74 Å². The van der Waals surface area contributed by atoms with E-state index in [1.54, 1.807) is 0 Å². The van der Waals surface area contributed by atoms with Crippen LogP contribution in [-0.4, -0.2) is 30.2 Å². The SMILES string of the molecule is CC1(C)COCCN1Cc1ccc(Br)s1. The standard InChI is InChI=1S/C11H16BrNOS/c1-11(2)8-14-6-5-13(11)7-9-3-4-10(12)15-9/h3-4H,5-8H2,1-2H3. The molecule has 0 spiro atoms. The summed E-state index contributed by atoms with van der Waals surface area (Å²) in [6.07, 6.45) is 0. The maximum atomic E-state index is 5.51. The van der Waals surface area contributed by atoms with Gasteiger partial charge in [0.05, 0.1) is 17.0 Å². The summed E-state index contributed by atoms with van der Waals surface area (Å²) in [5.74, 6) is 0. The highest BCUT2D eigenvalue weighted by Gasteiger charge is 2.30. The largest absolute Gasteiger partial charge is 0.378 e. The minimum atomic E-state index is 0.161. The van der Waals surface area contributed by atoms with Gasteiger partial charge in [0.1, 0.15) is 0 Å². The van der Waals surface area contributed by atoms with Crippen LogP contribution in [0, 0.1) is 0 Å². The molecule has 0 atom stereocenters. The van der Waals surface area contributed by atoms with E-state index in [-0.39, 0.29) is 5.54 Å². The van der Waals surface area contributed by atoms with Crippen LogP contribution in [0.1, 0.15) is 18.7 Å². The molecular formula is C11H16BrNOS. The molecule has 2 rings (SSSR count). The van der Waals surface area contributed by atoms with Gasteiger partial charge in [-0.15, -0.1) is 11.3 Å². The average molecular weight is 290 g/mol. The molecular weight excluding hydrogens is 274 g/mol. The first-order valence-corrected chi connectivity index (χ1v) is 6.76. The summed E-state index contributed by atoms with van der Waals surface area (Å²) >= 11 is 5.32. The highest BCUT2D eigenvalue weighted by Crippen LogP contribution is 2.27.